The SMILES string of the molecule is CCn1nc(C)cc1CC(N)c1cn(C)nn1. The van der Waals surface area contributed by atoms with Crippen molar-refractivity contribution in [1.29, 1.82) is 0 Å². The Bertz CT molecular complexity index is 498. The van der Waals surface area contributed by atoms with Crippen molar-refractivity contribution >= 4 is 0 Å². The van der Waals surface area contributed by atoms with Gasteiger partial charge in [0.1, 0.15) is 0 Å². The third-order valence-electron chi connectivity index (χ3n) is 2.71. The summed E-state index contributed by atoms with van der Waals surface area (Å²) in [4.78, 5) is 0. The van der Waals surface area contributed by atoms with Gasteiger partial charge in [0, 0.05) is 31.9 Å². The molecule has 2 rings (SSSR count). The molecule has 2 aromatic heterocycles. The fourth-order valence-electron chi connectivity index (χ4n) is 1.90. The number of hydrogen-bond acceptors (Lipinski definition) is 4. The summed E-state index contributed by atoms with van der Waals surface area (Å²) in [5.41, 5.74) is 9.09. The first kappa shape index (κ1) is 11.8. The van der Waals surface area contributed by atoms with Crippen LogP contribution in [0.4, 0.5) is 0 Å². The Morgan fingerprint density at radius 3 is 2.82 bits per heavy atom. The minimum atomic E-state index is -0.134. The Balaban J connectivity index is 2.14. The molecule has 6 heteroatoms. The molecule has 0 radical (unpaired) electrons. The molecule has 0 saturated carbocycles. The first-order valence-electron chi connectivity index (χ1n) is 5.75. The van der Waals surface area contributed by atoms with Gasteiger partial charge >= 0.3 is 0 Å². The number of nitrogens with two attached hydrogens (primary N) is 1. The predicted octanol–water partition coefficient (Wildman–Crippen LogP) is 0.582. The average Bonchev–Trinajstić information content (AvgIpc) is 2.85. The lowest BCUT2D eigenvalue weighted by atomic mass is 10.1. The van der Waals surface area contributed by atoms with Crippen molar-refractivity contribution in [3.05, 3.63) is 29.3 Å². The van der Waals surface area contributed by atoms with Crippen LogP contribution in [0.2, 0.25) is 0 Å². The summed E-state index contributed by atoms with van der Waals surface area (Å²) in [5.74, 6) is 0. The number of nitrogens with zero attached hydrogens (tertiary/aromatic N) is 5. The van der Waals surface area contributed by atoms with E-state index in [1.165, 1.54) is 0 Å². The topological polar surface area (TPSA) is 74.6 Å². The second-order valence-electron chi connectivity index (χ2n) is 4.22. The Morgan fingerprint density at radius 1 is 1.47 bits per heavy atom. The highest BCUT2D eigenvalue weighted by atomic mass is 15.4. The van der Waals surface area contributed by atoms with E-state index in [0.717, 1.165) is 30.0 Å². The van der Waals surface area contributed by atoms with Crippen LogP contribution in [0.5, 0.6) is 0 Å². The molecule has 0 amide bonds. The summed E-state index contributed by atoms with van der Waals surface area (Å²) in [6, 6.07) is 1.94. The zero-order valence-corrected chi connectivity index (χ0v) is 10.5. The average molecular weight is 234 g/mol. The summed E-state index contributed by atoms with van der Waals surface area (Å²) in [6.45, 7) is 4.92. The van der Waals surface area contributed by atoms with E-state index in [0.29, 0.717) is 0 Å². The Hall–Kier alpha value is -1.69. The van der Waals surface area contributed by atoms with E-state index in [2.05, 4.69) is 28.4 Å². The molecule has 0 aliphatic carbocycles. The van der Waals surface area contributed by atoms with Crippen LogP contribution in [0.1, 0.15) is 30.0 Å². The van der Waals surface area contributed by atoms with E-state index in [-0.39, 0.29) is 6.04 Å². The van der Waals surface area contributed by atoms with Gasteiger partial charge in [0.15, 0.2) is 0 Å². The molecule has 0 aliphatic heterocycles. The third kappa shape index (κ3) is 2.52. The van der Waals surface area contributed by atoms with Gasteiger partial charge < -0.3 is 5.73 Å². The quantitative estimate of drug-likeness (QED) is 0.839. The summed E-state index contributed by atoms with van der Waals surface area (Å²) in [5, 5.41) is 12.3. The highest BCUT2D eigenvalue weighted by Gasteiger charge is 2.14. The Morgan fingerprint density at radius 2 is 2.24 bits per heavy atom. The fraction of sp³-hybridized carbons (Fsp3) is 0.545. The minimum absolute atomic E-state index is 0.134. The van der Waals surface area contributed by atoms with Crippen LogP contribution >= 0.6 is 0 Å². The van der Waals surface area contributed by atoms with Crippen molar-refractivity contribution in [2.24, 2.45) is 12.8 Å². The molecule has 0 spiro atoms. The van der Waals surface area contributed by atoms with Gasteiger partial charge in [0.2, 0.25) is 0 Å². The number of aromatic nitrogens is 5. The van der Waals surface area contributed by atoms with Crippen LogP contribution < -0.4 is 5.73 Å². The molecule has 92 valence electrons. The van der Waals surface area contributed by atoms with Crippen molar-refractivity contribution in [1.82, 2.24) is 24.8 Å². The van der Waals surface area contributed by atoms with E-state index in [9.17, 15) is 0 Å². The van der Waals surface area contributed by atoms with E-state index in [1.54, 1.807) is 4.68 Å². The second kappa shape index (κ2) is 4.67. The predicted molar refractivity (Wildman–Crippen MR) is 64.3 cm³/mol. The highest BCUT2D eigenvalue weighted by Crippen LogP contribution is 2.14. The van der Waals surface area contributed by atoms with Crippen LogP contribution in [-0.4, -0.2) is 24.8 Å². The number of rotatable bonds is 4. The smallest absolute Gasteiger partial charge is 0.0997 e. The van der Waals surface area contributed by atoms with Crippen LogP contribution in [0.3, 0.4) is 0 Å². The molecule has 0 bridgehead atoms. The monoisotopic (exact) mass is 234 g/mol. The van der Waals surface area contributed by atoms with Crippen molar-refractivity contribution in [2.45, 2.75) is 32.9 Å². The Labute approximate surface area is 100 Å². The third-order valence-corrected chi connectivity index (χ3v) is 2.71. The molecule has 17 heavy (non-hydrogen) atoms. The maximum atomic E-state index is 6.12. The molecule has 0 aliphatic rings. The lowest BCUT2D eigenvalue weighted by molar-refractivity contribution is 0.581. The molecule has 2 aromatic rings. The van der Waals surface area contributed by atoms with Crippen LogP contribution in [0.25, 0.3) is 0 Å². The fourth-order valence-corrected chi connectivity index (χ4v) is 1.90. The molecule has 6 nitrogen and oxygen atoms in total. The van der Waals surface area contributed by atoms with E-state index < -0.39 is 0 Å². The Kier molecular flexibility index (Phi) is 3.23. The maximum Gasteiger partial charge on any atom is 0.0997 e. The molecular formula is C11H18N6. The summed E-state index contributed by atoms with van der Waals surface area (Å²) in [7, 11) is 1.84. The zero-order chi connectivity index (χ0) is 12.4. The van der Waals surface area contributed by atoms with Gasteiger partial charge in [-0.05, 0) is 19.9 Å². The summed E-state index contributed by atoms with van der Waals surface area (Å²) >= 11 is 0. The number of aryl methyl sites for hydroxylation is 3. The van der Waals surface area contributed by atoms with Gasteiger partial charge in [0.05, 0.1) is 17.4 Å². The lowest BCUT2D eigenvalue weighted by Crippen LogP contribution is -2.16. The molecule has 0 fully saturated rings. The molecule has 1 unspecified atom stereocenters. The summed E-state index contributed by atoms with van der Waals surface area (Å²) in [6.07, 6.45) is 2.58. The largest absolute Gasteiger partial charge is 0.322 e. The standard InChI is InChI=1S/C11H18N6/c1-4-17-9(5-8(2)14-17)6-10(12)11-7-16(3)15-13-11/h5,7,10H,4,6,12H2,1-3H3. The second-order valence-corrected chi connectivity index (χ2v) is 4.22. The van der Waals surface area contributed by atoms with Crippen LogP contribution in [0, 0.1) is 6.92 Å². The van der Waals surface area contributed by atoms with Gasteiger partial charge in [0.25, 0.3) is 0 Å². The molecule has 2 heterocycles. The molecule has 0 saturated heterocycles. The molecule has 0 aromatic carbocycles. The highest BCUT2D eigenvalue weighted by molar-refractivity contribution is 5.13. The van der Waals surface area contributed by atoms with E-state index >= 15 is 0 Å². The molecular weight excluding hydrogens is 216 g/mol. The van der Waals surface area contributed by atoms with Crippen molar-refractivity contribution < 1.29 is 0 Å². The van der Waals surface area contributed by atoms with Gasteiger partial charge in [-0.15, -0.1) is 5.10 Å². The molecule has 2 N–H and O–H groups in total. The normalized spacial score (nSPS) is 12.9. The van der Waals surface area contributed by atoms with Crippen molar-refractivity contribution in [3.63, 3.8) is 0 Å². The first-order valence-corrected chi connectivity index (χ1v) is 5.75. The maximum absolute atomic E-state index is 6.12. The lowest BCUT2D eigenvalue weighted by Gasteiger charge is -2.09. The molecule has 1 atom stereocenters. The van der Waals surface area contributed by atoms with E-state index in [4.69, 9.17) is 5.73 Å². The van der Waals surface area contributed by atoms with Crippen molar-refractivity contribution in [2.75, 3.05) is 0 Å². The minimum Gasteiger partial charge on any atom is -0.322 e. The van der Waals surface area contributed by atoms with Crippen LogP contribution in [0.15, 0.2) is 12.3 Å². The van der Waals surface area contributed by atoms with E-state index in [1.807, 2.05) is 24.9 Å². The zero-order valence-electron chi connectivity index (χ0n) is 10.5. The first-order chi connectivity index (χ1) is 8.10. The number of hydrogen-bond donors (Lipinski definition) is 1. The van der Waals surface area contributed by atoms with Crippen LogP contribution in [-0.2, 0) is 20.0 Å². The summed E-state index contributed by atoms with van der Waals surface area (Å²) < 4.78 is 3.64. The van der Waals surface area contributed by atoms with Crippen molar-refractivity contribution in [3.8, 4) is 0 Å². The van der Waals surface area contributed by atoms with Gasteiger partial charge in [-0.2, -0.15) is 5.10 Å². The van der Waals surface area contributed by atoms with Gasteiger partial charge in [-0.3, -0.25) is 9.36 Å². The van der Waals surface area contributed by atoms with Gasteiger partial charge in [-0.25, -0.2) is 0 Å². The van der Waals surface area contributed by atoms with Gasteiger partial charge in [-0.1, -0.05) is 5.21 Å².